The largest absolute Gasteiger partial charge is 0.325 e. The van der Waals surface area contributed by atoms with Gasteiger partial charge >= 0.3 is 0 Å². The zero-order chi connectivity index (χ0) is 23.6. The summed E-state index contributed by atoms with van der Waals surface area (Å²) in [4.78, 5) is 29.8. The standard InChI is InChI=1S/C24H22N4O4S/c1-16-7-13-20(14-8-16)33(31,32)27-19-11-9-18(10-12-19)26-23(29)15-28-17(2)25-22-6-4-3-5-21(22)24(28)30/h3-14,27H,15H2,1-2H3,(H,26,29). The second-order valence-electron chi connectivity index (χ2n) is 7.61. The average molecular weight is 463 g/mol. The van der Waals surface area contributed by atoms with Crippen molar-refractivity contribution in [1.29, 1.82) is 0 Å². The van der Waals surface area contributed by atoms with E-state index in [9.17, 15) is 18.0 Å². The molecule has 33 heavy (non-hydrogen) atoms. The molecular formula is C24H22N4O4S. The summed E-state index contributed by atoms with van der Waals surface area (Å²) < 4.78 is 28.9. The number of aryl methyl sites for hydroxylation is 2. The molecule has 0 atom stereocenters. The van der Waals surface area contributed by atoms with Crippen LogP contribution in [0.3, 0.4) is 0 Å². The van der Waals surface area contributed by atoms with E-state index in [4.69, 9.17) is 0 Å². The van der Waals surface area contributed by atoms with Gasteiger partial charge in [-0.3, -0.25) is 18.9 Å². The Labute approximate surface area is 191 Å². The van der Waals surface area contributed by atoms with Gasteiger partial charge in [0.15, 0.2) is 0 Å². The number of carbonyl (C=O) groups excluding carboxylic acids is 1. The summed E-state index contributed by atoms with van der Waals surface area (Å²) in [5.74, 6) is 0.0416. The van der Waals surface area contributed by atoms with Crippen LogP contribution in [0.5, 0.6) is 0 Å². The number of nitrogens with one attached hydrogen (secondary N) is 2. The van der Waals surface area contributed by atoms with Crippen LogP contribution in [0.1, 0.15) is 11.4 Å². The molecule has 9 heteroatoms. The number of para-hydroxylation sites is 1. The maximum absolute atomic E-state index is 12.7. The fourth-order valence-electron chi connectivity index (χ4n) is 3.36. The van der Waals surface area contributed by atoms with E-state index in [1.807, 2.05) is 6.92 Å². The van der Waals surface area contributed by atoms with E-state index >= 15 is 0 Å². The van der Waals surface area contributed by atoms with Crippen molar-refractivity contribution in [3.63, 3.8) is 0 Å². The Bertz CT molecular complexity index is 1490. The van der Waals surface area contributed by atoms with Gasteiger partial charge in [-0.15, -0.1) is 0 Å². The fraction of sp³-hybridized carbons (Fsp3) is 0.125. The Morgan fingerprint density at radius 2 is 1.55 bits per heavy atom. The summed E-state index contributed by atoms with van der Waals surface area (Å²) in [6, 6.07) is 19.8. The van der Waals surface area contributed by atoms with Crippen LogP contribution in [0.15, 0.2) is 82.5 Å². The third kappa shape index (κ3) is 4.93. The second kappa shape index (κ2) is 8.87. The molecule has 3 aromatic carbocycles. The number of anilines is 2. The highest BCUT2D eigenvalue weighted by molar-refractivity contribution is 7.92. The van der Waals surface area contributed by atoms with Gasteiger partial charge in [0, 0.05) is 11.4 Å². The highest BCUT2D eigenvalue weighted by Gasteiger charge is 2.14. The Balaban J connectivity index is 1.45. The van der Waals surface area contributed by atoms with E-state index in [2.05, 4.69) is 15.0 Å². The molecule has 4 aromatic rings. The molecule has 168 valence electrons. The summed E-state index contributed by atoms with van der Waals surface area (Å²) in [5.41, 5.74) is 2.09. The highest BCUT2D eigenvalue weighted by Crippen LogP contribution is 2.19. The van der Waals surface area contributed by atoms with E-state index in [0.717, 1.165) is 5.56 Å². The zero-order valence-electron chi connectivity index (χ0n) is 18.1. The zero-order valence-corrected chi connectivity index (χ0v) is 18.9. The maximum atomic E-state index is 12.7. The molecule has 0 aliphatic rings. The van der Waals surface area contributed by atoms with Crippen molar-refractivity contribution in [3.8, 4) is 0 Å². The maximum Gasteiger partial charge on any atom is 0.261 e. The minimum atomic E-state index is -3.72. The lowest BCUT2D eigenvalue weighted by molar-refractivity contribution is -0.116. The molecule has 0 bridgehead atoms. The van der Waals surface area contributed by atoms with Crippen molar-refractivity contribution in [3.05, 3.63) is 94.5 Å². The van der Waals surface area contributed by atoms with Crippen molar-refractivity contribution in [2.45, 2.75) is 25.3 Å². The first-order valence-corrected chi connectivity index (χ1v) is 11.7. The minimum absolute atomic E-state index is 0.162. The molecule has 0 aliphatic heterocycles. The van der Waals surface area contributed by atoms with Gasteiger partial charge in [-0.1, -0.05) is 29.8 Å². The molecule has 0 saturated carbocycles. The lowest BCUT2D eigenvalue weighted by atomic mass is 10.2. The van der Waals surface area contributed by atoms with Crippen LogP contribution in [0.25, 0.3) is 10.9 Å². The van der Waals surface area contributed by atoms with Crippen LogP contribution < -0.4 is 15.6 Å². The number of carbonyl (C=O) groups is 1. The molecule has 1 aromatic heterocycles. The third-order valence-corrected chi connectivity index (χ3v) is 6.50. The Morgan fingerprint density at radius 3 is 2.24 bits per heavy atom. The summed E-state index contributed by atoms with van der Waals surface area (Å²) >= 11 is 0. The average Bonchev–Trinajstić information content (AvgIpc) is 2.78. The van der Waals surface area contributed by atoms with Crippen LogP contribution in [0, 0.1) is 13.8 Å². The highest BCUT2D eigenvalue weighted by atomic mass is 32.2. The van der Waals surface area contributed by atoms with Crippen LogP contribution >= 0.6 is 0 Å². The van der Waals surface area contributed by atoms with Crippen molar-refractivity contribution in [2.75, 3.05) is 10.0 Å². The van der Waals surface area contributed by atoms with Crippen molar-refractivity contribution in [2.24, 2.45) is 0 Å². The molecule has 4 rings (SSSR count). The Morgan fingerprint density at radius 1 is 0.909 bits per heavy atom. The topological polar surface area (TPSA) is 110 Å². The molecule has 0 aliphatic carbocycles. The monoisotopic (exact) mass is 462 g/mol. The van der Waals surface area contributed by atoms with Gasteiger partial charge < -0.3 is 5.32 Å². The molecule has 0 unspecified atom stereocenters. The minimum Gasteiger partial charge on any atom is -0.325 e. The van der Waals surface area contributed by atoms with Crippen molar-refractivity contribution >= 4 is 38.2 Å². The van der Waals surface area contributed by atoms with E-state index in [0.29, 0.717) is 28.1 Å². The first kappa shape index (κ1) is 22.2. The SMILES string of the molecule is Cc1ccc(S(=O)(=O)Nc2ccc(NC(=O)Cn3c(C)nc4ccccc4c3=O)cc2)cc1. The predicted molar refractivity (Wildman–Crippen MR) is 128 cm³/mol. The predicted octanol–water partition coefficient (Wildman–Crippen LogP) is 3.45. The molecule has 0 radical (unpaired) electrons. The van der Waals surface area contributed by atoms with Gasteiger partial charge in [0.2, 0.25) is 5.91 Å². The Kier molecular flexibility index (Phi) is 5.97. The fourth-order valence-corrected chi connectivity index (χ4v) is 4.42. The number of sulfonamides is 1. The number of hydrogen-bond donors (Lipinski definition) is 2. The van der Waals surface area contributed by atoms with Crippen LogP contribution in [-0.2, 0) is 21.4 Å². The molecule has 8 nitrogen and oxygen atoms in total. The lowest BCUT2D eigenvalue weighted by Gasteiger charge is -2.12. The molecule has 1 amide bonds. The van der Waals surface area contributed by atoms with Crippen LogP contribution in [-0.4, -0.2) is 23.9 Å². The number of rotatable bonds is 6. The number of hydrogen-bond acceptors (Lipinski definition) is 5. The number of fused-ring (bicyclic) bond motifs is 1. The molecule has 0 spiro atoms. The molecule has 2 N–H and O–H groups in total. The smallest absolute Gasteiger partial charge is 0.261 e. The van der Waals surface area contributed by atoms with Gasteiger partial charge in [-0.2, -0.15) is 0 Å². The second-order valence-corrected chi connectivity index (χ2v) is 9.29. The van der Waals surface area contributed by atoms with Gasteiger partial charge in [0.25, 0.3) is 15.6 Å². The summed E-state index contributed by atoms with van der Waals surface area (Å²) in [5, 5.41) is 3.16. The number of nitrogens with zero attached hydrogens (tertiary/aromatic N) is 2. The van der Waals surface area contributed by atoms with E-state index in [1.165, 1.54) is 16.7 Å². The van der Waals surface area contributed by atoms with Gasteiger partial charge in [-0.25, -0.2) is 13.4 Å². The van der Waals surface area contributed by atoms with Crippen molar-refractivity contribution in [1.82, 2.24) is 9.55 Å². The number of benzene rings is 3. The summed E-state index contributed by atoms with van der Waals surface area (Å²) in [6.07, 6.45) is 0. The molecule has 0 fully saturated rings. The number of aromatic nitrogens is 2. The summed E-state index contributed by atoms with van der Waals surface area (Å²) in [6.45, 7) is 3.37. The summed E-state index contributed by atoms with van der Waals surface area (Å²) in [7, 11) is -3.72. The van der Waals surface area contributed by atoms with E-state index < -0.39 is 15.9 Å². The lowest BCUT2D eigenvalue weighted by Crippen LogP contribution is -2.30. The first-order chi connectivity index (χ1) is 15.7. The molecular weight excluding hydrogens is 440 g/mol. The molecule has 0 saturated heterocycles. The van der Waals surface area contributed by atoms with E-state index in [1.54, 1.807) is 67.6 Å². The first-order valence-electron chi connectivity index (χ1n) is 10.2. The molecule has 1 heterocycles. The van der Waals surface area contributed by atoms with E-state index in [-0.39, 0.29) is 17.0 Å². The van der Waals surface area contributed by atoms with Gasteiger partial charge in [0.05, 0.1) is 15.8 Å². The van der Waals surface area contributed by atoms with Gasteiger partial charge in [0.1, 0.15) is 12.4 Å². The normalized spacial score (nSPS) is 11.3. The van der Waals surface area contributed by atoms with Crippen LogP contribution in [0.4, 0.5) is 11.4 Å². The quantitative estimate of drug-likeness (QED) is 0.456. The third-order valence-electron chi connectivity index (χ3n) is 5.11. The Hall–Kier alpha value is -3.98. The van der Waals surface area contributed by atoms with Crippen molar-refractivity contribution < 1.29 is 13.2 Å². The number of amides is 1. The van der Waals surface area contributed by atoms with Crippen LogP contribution in [0.2, 0.25) is 0 Å². The van der Waals surface area contributed by atoms with Gasteiger partial charge in [-0.05, 0) is 62.4 Å².